The minimum absolute atomic E-state index is 0.0601. The number of nitrogens with zero attached hydrogens (tertiary/aromatic N) is 3. The first kappa shape index (κ1) is 25.9. The molecule has 11 heteroatoms. The largest absolute Gasteiger partial charge is 0.325 e. The van der Waals surface area contributed by atoms with E-state index in [1.807, 2.05) is 0 Å². The van der Waals surface area contributed by atoms with Crippen molar-refractivity contribution in [3.63, 3.8) is 0 Å². The Labute approximate surface area is 218 Å². The van der Waals surface area contributed by atoms with Crippen molar-refractivity contribution < 1.29 is 13.2 Å². The Morgan fingerprint density at radius 3 is 2.56 bits per heavy atom. The molecule has 0 aliphatic heterocycles. The van der Waals surface area contributed by atoms with Crippen molar-refractivity contribution in [1.82, 2.24) is 13.9 Å². The van der Waals surface area contributed by atoms with Crippen molar-refractivity contribution in [2.75, 3.05) is 25.2 Å². The van der Waals surface area contributed by atoms with Crippen molar-refractivity contribution in [3.05, 3.63) is 87.7 Å². The molecular formula is C25H23ClN4O4S2. The minimum Gasteiger partial charge on any atom is -0.325 e. The third kappa shape index (κ3) is 5.31. The summed E-state index contributed by atoms with van der Waals surface area (Å²) in [4.78, 5) is 30.9. The summed E-state index contributed by atoms with van der Waals surface area (Å²) in [6, 6.07) is 18.4. The Hall–Kier alpha value is -3.18. The fourth-order valence-corrected chi connectivity index (χ4v) is 5.40. The molecule has 36 heavy (non-hydrogen) atoms. The fourth-order valence-electron chi connectivity index (χ4n) is 3.48. The number of hydrogen-bond donors (Lipinski definition) is 1. The summed E-state index contributed by atoms with van der Waals surface area (Å²) >= 11 is 7.26. The van der Waals surface area contributed by atoms with Crippen molar-refractivity contribution in [1.29, 1.82) is 0 Å². The molecule has 0 fully saturated rings. The highest BCUT2D eigenvalue weighted by molar-refractivity contribution is 7.99. The number of anilines is 1. The molecule has 0 aliphatic carbocycles. The number of para-hydroxylation sites is 1. The van der Waals surface area contributed by atoms with E-state index in [-0.39, 0.29) is 22.1 Å². The van der Waals surface area contributed by atoms with E-state index >= 15 is 0 Å². The fraction of sp³-hybridized carbons (Fsp3) is 0.160. The first-order valence-electron chi connectivity index (χ1n) is 10.8. The van der Waals surface area contributed by atoms with Gasteiger partial charge in [-0.1, -0.05) is 47.6 Å². The average molecular weight is 543 g/mol. The van der Waals surface area contributed by atoms with E-state index in [0.717, 1.165) is 16.1 Å². The lowest BCUT2D eigenvalue weighted by Gasteiger charge is -2.15. The predicted molar refractivity (Wildman–Crippen MR) is 144 cm³/mol. The lowest BCUT2D eigenvalue weighted by atomic mass is 10.2. The second-order valence-corrected chi connectivity index (χ2v) is 11.7. The van der Waals surface area contributed by atoms with Gasteiger partial charge in [0, 0.05) is 24.8 Å². The van der Waals surface area contributed by atoms with Gasteiger partial charge in [0.1, 0.15) is 0 Å². The van der Waals surface area contributed by atoms with Gasteiger partial charge in [-0.25, -0.2) is 17.7 Å². The number of sulfonamides is 1. The molecule has 1 heterocycles. The van der Waals surface area contributed by atoms with E-state index in [4.69, 9.17) is 11.6 Å². The van der Waals surface area contributed by atoms with Crippen LogP contribution < -0.4 is 10.9 Å². The van der Waals surface area contributed by atoms with Crippen LogP contribution in [0.1, 0.15) is 5.56 Å². The van der Waals surface area contributed by atoms with E-state index in [1.165, 1.54) is 30.8 Å². The van der Waals surface area contributed by atoms with Crippen molar-refractivity contribution in [2.24, 2.45) is 0 Å². The Morgan fingerprint density at radius 2 is 1.83 bits per heavy atom. The zero-order chi connectivity index (χ0) is 26.0. The molecule has 4 aromatic rings. The van der Waals surface area contributed by atoms with Gasteiger partial charge in [0.2, 0.25) is 15.9 Å². The molecule has 4 rings (SSSR count). The normalized spacial score (nSPS) is 11.7. The molecule has 0 bridgehead atoms. The van der Waals surface area contributed by atoms with Crippen LogP contribution in [0.5, 0.6) is 0 Å². The van der Waals surface area contributed by atoms with Crippen molar-refractivity contribution in [2.45, 2.75) is 17.0 Å². The van der Waals surface area contributed by atoms with Gasteiger partial charge < -0.3 is 5.32 Å². The molecule has 1 N–H and O–H groups in total. The molecule has 0 atom stereocenters. The Bertz CT molecular complexity index is 1640. The van der Waals surface area contributed by atoms with Crippen LogP contribution in [0.25, 0.3) is 16.6 Å². The summed E-state index contributed by atoms with van der Waals surface area (Å²) in [5, 5.41) is 4.01. The van der Waals surface area contributed by atoms with E-state index < -0.39 is 10.0 Å². The van der Waals surface area contributed by atoms with Crippen LogP contribution in [0.15, 0.2) is 81.6 Å². The van der Waals surface area contributed by atoms with Crippen LogP contribution in [-0.2, 0) is 14.8 Å². The second-order valence-electron chi connectivity index (χ2n) is 8.13. The van der Waals surface area contributed by atoms with Gasteiger partial charge >= 0.3 is 0 Å². The summed E-state index contributed by atoms with van der Waals surface area (Å²) in [7, 11) is -0.766. The second kappa shape index (κ2) is 10.4. The smallest absolute Gasteiger partial charge is 0.266 e. The molecule has 0 saturated heterocycles. The molecule has 3 aromatic carbocycles. The van der Waals surface area contributed by atoms with Crippen LogP contribution >= 0.6 is 23.4 Å². The van der Waals surface area contributed by atoms with Crippen molar-refractivity contribution in [3.8, 4) is 5.69 Å². The number of nitrogens with one attached hydrogen (secondary N) is 1. The quantitative estimate of drug-likeness (QED) is 0.275. The SMILES string of the molecule is Cc1ccc(S(=O)(=O)N(C)C)cc1NC(=O)CSc1nc2ccccc2c(=O)n1-c1cccc(Cl)c1. The predicted octanol–water partition coefficient (Wildman–Crippen LogP) is 4.33. The lowest BCUT2D eigenvalue weighted by molar-refractivity contribution is -0.113. The van der Waals surface area contributed by atoms with Crippen molar-refractivity contribution >= 4 is 55.9 Å². The number of carbonyl (C=O) groups excluding carboxylic acids is 1. The van der Waals surface area contributed by atoms with Crippen LogP contribution in [0.2, 0.25) is 5.02 Å². The van der Waals surface area contributed by atoms with Gasteiger partial charge in [-0.15, -0.1) is 0 Å². The zero-order valence-electron chi connectivity index (χ0n) is 19.7. The summed E-state index contributed by atoms with van der Waals surface area (Å²) in [6.45, 7) is 1.77. The number of thioether (sulfide) groups is 1. The molecule has 0 saturated carbocycles. The number of carbonyl (C=O) groups is 1. The first-order chi connectivity index (χ1) is 17.1. The maximum Gasteiger partial charge on any atom is 0.266 e. The Morgan fingerprint density at radius 1 is 1.08 bits per heavy atom. The number of benzene rings is 3. The van der Waals surface area contributed by atoms with E-state index in [2.05, 4.69) is 10.3 Å². The zero-order valence-corrected chi connectivity index (χ0v) is 22.1. The monoisotopic (exact) mass is 542 g/mol. The molecule has 0 spiro atoms. The molecule has 186 valence electrons. The summed E-state index contributed by atoms with van der Waals surface area (Å²) in [6.07, 6.45) is 0. The summed E-state index contributed by atoms with van der Waals surface area (Å²) in [5.74, 6) is -0.433. The van der Waals surface area contributed by atoms with Gasteiger partial charge in [-0.3, -0.25) is 14.2 Å². The molecule has 1 aromatic heterocycles. The molecule has 0 aliphatic rings. The van der Waals surface area contributed by atoms with Gasteiger partial charge in [0.05, 0.1) is 27.2 Å². The lowest BCUT2D eigenvalue weighted by Crippen LogP contribution is -2.23. The van der Waals surface area contributed by atoms with E-state index in [9.17, 15) is 18.0 Å². The minimum atomic E-state index is -3.65. The third-order valence-corrected chi connectivity index (χ3v) is 8.39. The highest BCUT2D eigenvalue weighted by Crippen LogP contribution is 2.25. The number of hydrogen-bond acceptors (Lipinski definition) is 6. The molecular weight excluding hydrogens is 520 g/mol. The van der Waals surface area contributed by atoms with Crippen LogP contribution in [-0.4, -0.2) is 48.0 Å². The van der Waals surface area contributed by atoms with Crippen LogP contribution in [0.3, 0.4) is 0 Å². The van der Waals surface area contributed by atoms with Gasteiger partial charge in [0.25, 0.3) is 5.56 Å². The Kier molecular flexibility index (Phi) is 7.51. The number of halogens is 1. The van der Waals surface area contributed by atoms with Gasteiger partial charge in [0.15, 0.2) is 5.16 Å². The average Bonchev–Trinajstić information content (AvgIpc) is 2.84. The number of aryl methyl sites for hydroxylation is 1. The van der Waals surface area contributed by atoms with E-state index in [0.29, 0.717) is 38.0 Å². The topological polar surface area (TPSA) is 101 Å². The van der Waals surface area contributed by atoms with Gasteiger partial charge in [-0.2, -0.15) is 0 Å². The van der Waals surface area contributed by atoms with Gasteiger partial charge in [-0.05, 0) is 55.0 Å². The molecule has 0 radical (unpaired) electrons. The number of rotatable bonds is 7. The van der Waals surface area contributed by atoms with E-state index in [1.54, 1.807) is 61.5 Å². The number of amides is 1. The molecule has 0 unspecified atom stereocenters. The Balaban J connectivity index is 1.64. The molecule has 1 amide bonds. The number of aromatic nitrogens is 2. The highest BCUT2D eigenvalue weighted by atomic mass is 35.5. The first-order valence-corrected chi connectivity index (χ1v) is 13.6. The summed E-state index contributed by atoms with van der Waals surface area (Å²) < 4.78 is 27.5. The highest BCUT2D eigenvalue weighted by Gasteiger charge is 2.19. The number of fused-ring (bicyclic) bond motifs is 1. The maximum atomic E-state index is 13.3. The third-order valence-electron chi connectivity index (χ3n) is 5.41. The standard InChI is InChI=1S/C25H23ClN4O4S2/c1-16-11-12-19(36(33,34)29(2)3)14-22(16)27-23(31)15-35-25-28-21-10-5-4-9-20(21)24(32)30(25)18-8-6-7-17(26)13-18/h4-14H,15H2,1-3H3,(H,27,31). The van der Waals surface area contributed by atoms with Crippen LogP contribution in [0, 0.1) is 6.92 Å². The maximum absolute atomic E-state index is 13.3. The van der Waals surface area contributed by atoms with Crippen LogP contribution in [0.4, 0.5) is 5.69 Å². The summed E-state index contributed by atoms with van der Waals surface area (Å²) in [5.41, 5.74) is 1.88. The molecule has 8 nitrogen and oxygen atoms in total.